The minimum Gasteiger partial charge on any atom is -0.351 e. The number of hydrogen-bond donors (Lipinski definition) is 1. The summed E-state index contributed by atoms with van der Waals surface area (Å²) in [5.74, 6) is -0.0913. The van der Waals surface area contributed by atoms with Crippen molar-refractivity contribution in [2.45, 2.75) is 33.6 Å². The number of aromatic nitrogens is 3. The van der Waals surface area contributed by atoms with E-state index < -0.39 is 0 Å². The third-order valence-corrected chi connectivity index (χ3v) is 4.54. The third-order valence-electron chi connectivity index (χ3n) is 4.54. The van der Waals surface area contributed by atoms with Gasteiger partial charge in [0.2, 0.25) is 0 Å². The van der Waals surface area contributed by atoms with Gasteiger partial charge in [0.25, 0.3) is 5.91 Å². The third kappa shape index (κ3) is 3.57. The molecule has 0 radical (unpaired) electrons. The predicted octanol–water partition coefficient (Wildman–Crippen LogP) is 4.02. The molecule has 136 valence electrons. The lowest BCUT2D eigenvalue weighted by molar-refractivity contribution is 0.0945. The molecule has 0 aliphatic carbocycles. The highest BCUT2D eigenvalue weighted by molar-refractivity contribution is 5.94. The van der Waals surface area contributed by atoms with Crippen LogP contribution in [0.5, 0.6) is 0 Å². The maximum Gasteiger partial charge on any atom is 0.270 e. The summed E-state index contributed by atoms with van der Waals surface area (Å²) >= 11 is 0. The molecule has 0 unspecified atom stereocenters. The lowest BCUT2D eigenvalue weighted by atomic mass is 10.1. The first-order valence-corrected chi connectivity index (χ1v) is 9.09. The highest BCUT2D eigenvalue weighted by Crippen LogP contribution is 2.24. The average Bonchev–Trinajstić information content (AvgIpc) is 3.21. The molecule has 1 N–H and O–H groups in total. The summed E-state index contributed by atoms with van der Waals surface area (Å²) < 4.78 is 3.77. The topological polar surface area (TPSA) is 51.9 Å². The molecule has 3 rings (SSSR count). The van der Waals surface area contributed by atoms with E-state index in [9.17, 15) is 4.79 Å². The molecule has 0 atom stereocenters. The SMILES string of the molecule is CCCCNC(=O)c1cc(-c2cccn2C)nn1-c1ccc(C)cc1C. The lowest BCUT2D eigenvalue weighted by Gasteiger charge is -2.11. The molecule has 1 aromatic carbocycles. The molecule has 0 saturated carbocycles. The number of nitrogens with one attached hydrogen (secondary N) is 1. The number of rotatable bonds is 6. The smallest absolute Gasteiger partial charge is 0.270 e. The largest absolute Gasteiger partial charge is 0.351 e. The quantitative estimate of drug-likeness (QED) is 0.683. The summed E-state index contributed by atoms with van der Waals surface area (Å²) in [6, 6.07) is 12.0. The minimum absolute atomic E-state index is 0.0913. The van der Waals surface area contributed by atoms with Crippen molar-refractivity contribution in [3.63, 3.8) is 0 Å². The standard InChI is InChI=1S/C21H26N4O/c1-5-6-11-22-21(26)20-14-17(19-8-7-12-24(19)4)23-25(20)18-10-9-15(2)13-16(18)3/h7-10,12-14H,5-6,11H2,1-4H3,(H,22,26). The van der Waals surface area contributed by atoms with Crippen LogP contribution in [0.1, 0.15) is 41.4 Å². The van der Waals surface area contributed by atoms with Gasteiger partial charge < -0.3 is 9.88 Å². The van der Waals surface area contributed by atoms with Crippen LogP contribution in [0.15, 0.2) is 42.6 Å². The molecular formula is C21H26N4O. The highest BCUT2D eigenvalue weighted by Gasteiger charge is 2.19. The van der Waals surface area contributed by atoms with Crippen LogP contribution >= 0.6 is 0 Å². The minimum atomic E-state index is -0.0913. The number of aryl methyl sites for hydroxylation is 3. The van der Waals surface area contributed by atoms with Gasteiger partial charge in [0.1, 0.15) is 11.4 Å². The molecule has 0 aliphatic rings. The zero-order chi connectivity index (χ0) is 18.7. The molecule has 5 nitrogen and oxygen atoms in total. The van der Waals surface area contributed by atoms with Gasteiger partial charge in [-0.3, -0.25) is 4.79 Å². The van der Waals surface area contributed by atoms with E-state index in [1.807, 2.05) is 55.1 Å². The fourth-order valence-electron chi connectivity index (χ4n) is 3.09. The van der Waals surface area contributed by atoms with Crippen molar-refractivity contribution in [1.29, 1.82) is 0 Å². The van der Waals surface area contributed by atoms with Gasteiger partial charge in [-0.15, -0.1) is 0 Å². The molecule has 26 heavy (non-hydrogen) atoms. The number of unbranched alkanes of at least 4 members (excludes halogenated alkanes) is 1. The van der Waals surface area contributed by atoms with Crippen LogP contribution in [0.4, 0.5) is 0 Å². The fourth-order valence-corrected chi connectivity index (χ4v) is 3.09. The number of carbonyl (C=O) groups is 1. The second kappa shape index (κ2) is 7.60. The number of hydrogen-bond acceptors (Lipinski definition) is 2. The first-order valence-electron chi connectivity index (χ1n) is 9.09. The molecule has 5 heteroatoms. The van der Waals surface area contributed by atoms with E-state index in [0.29, 0.717) is 12.2 Å². The maximum atomic E-state index is 12.8. The molecule has 0 fully saturated rings. The van der Waals surface area contributed by atoms with Crippen molar-refractivity contribution >= 4 is 5.91 Å². The normalized spacial score (nSPS) is 10.9. The van der Waals surface area contributed by atoms with Crippen molar-refractivity contribution in [3.8, 4) is 17.1 Å². The second-order valence-corrected chi connectivity index (χ2v) is 6.73. The summed E-state index contributed by atoms with van der Waals surface area (Å²) in [7, 11) is 1.98. The summed E-state index contributed by atoms with van der Waals surface area (Å²) in [5, 5.41) is 7.77. The van der Waals surface area contributed by atoms with Crippen molar-refractivity contribution < 1.29 is 4.79 Å². The average molecular weight is 350 g/mol. The van der Waals surface area contributed by atoms with Crippen LogP contribution in [0.3, 0.4) is 0 Å². The zero-order valence-corrected chi connectivity index (χ0v) is 15.9. The fraction of sp³-hybridized carbons (Fsp3) is 0.333. The van der Waals surface area contributed by atoms with E-state index in [-0.39, 0.29) is 5.91 Å². The molecule has 0 saturated heterocycles. The highest BCUT2D eigenvalue weighted by atomic mass is 16.2. The van der Waals surface area contributed by atoms with Gasteiger partial charge in [0, 0.05) is 19.8 Å². The summed E-state index contributed by atoms with van der Waals surface area (Å²) in [6.07, 6.45) is 3.99. The van der Waals surface area contributed by atoms with Crippen LogP contribution in [0.2, 0.25) is 0 Å². The molecule has 1 amide bonds. The van der Waals surface area contributed by atoms with E-state index in [1.165, 1.54) is 5.56 Å². The van der Waals surface area contributed by atoms with Gasteiger partial charge in [-0.25, -0.2) is 4.68 Å². The first-order chi connectivity index (χ1) is 12.5. The van der Waals surface area contributed by atoms with Crippen LogP contribution < -0.4 is 5.32 Å². The Labute approximate surface area is 154 Å². The van der Waals surface area contributed by atoms with E-state index in [2.05, 4.69) is 25.2 Å². The van der Waals surface area contributed by atoms with Crippen LogP contribution in [-0.4, -0.2) is 26.8 Å². The number of amides is 1. The molecular weight excluding hydrogens is 324 g/mol. The monoisotopic (exact) mass is 350 g/mol. The summed E-state index contributed by atoms with van der Waals surface area (Å²) in [4.78, 5) is 12.8. The van der Waals surface area contributed by atoms with Gasteiger partial charge >= 0.3 is 0 Å². The molecule has 2 aromatic heterocycles. The van der Waals surface area contributed by atoms with E-state index in [4.69, 9.17) is 5.10 Å². The Bertz CT molecular complexity index is 920. The van der Waals surface area contributed by atoms with E-state index >= 15 is 0 Å². The Kier molecular flexibility index (Phi) is 5.26. The zero-order valence-electron chi connectivity index (χ0n) is 15.9. The van der Waals surface area contributed by atoms with Crippen LogP contribution in [0.25, 0.3) is 17.1 Å². The van der Waals surface area contributed by atoms with Gasteiger partial charge in [0.15, 0.2) is 0 Å². The molecule has 0 aliphatic heterocycles. The Balaban J connectivity index is 2.07. The van der Waals surface area contributed by atoms with E-state index in [1.54, 1.807) is 4.68 Å². The van der Waals surface area contributed by atoms with Crippen LogP contribution in [0, 0.1) is 13.8 Å². The summed E-state index contributed by atoms with van der Waals surface area (Å²) in [6.45, 7) is 6.89. The molecule has 0 spiro atoms. The van der Waals surface area contributed by atoms with Gasteiger partial charge in [-0.1, -0.05) is 31.0 Å². The van der Waals surface area contributed by atoms with Crippen molar-refractivity contribution in [1.82, 2.24) is 19.7 Å². The van der Waals surface area contributed by atoms with Crippen molar-refractivity contribution in [3.05, 3.63) is 59.4 Å². The van der Waals surface area contributed by atoms with E-state index in [0.717, 1.165) is 35.5 Å². The molecule has 3 aromatic rings. The Morgan fingerprint density at radius 1 is 1.19 bits per heavy atom. The van der Waals surface area contributed by atoms with Crippen molar-refractivity contribution in [2.24, 2.45) is 7.05 Å². The first kappa shape index (κ1) is 18.0. The number of benzene rings is 1. The lowest BCUT2D eigenvalue weighted by Crippen LogP contribution is -2.26. The number of carbonyl (C=O) groups excluding carboxylic acids is 1. The second-order valence-electron chi connectivity index (χ2n) is 6.73. The van der Waals surface area contributed by atoms with Gasteiger partial charge in [-0.2, -0.15) is 5.10 Å². The number of nitrogens with zero attached hydrogens (tertiary/aromatic N) is 3. The van der Waals surface area contributed by atoms with Gasteiger partial charge in [-0.05, 0) is 50.1 Å². The van der Waals surface area contributed by atoms with Crippen LogP contribution in [-0.2, 0) is 7.05 Å². The Hall–Kier alpha value is -2.82. The molecule has 0 bridgehead atoms. The molecule has 2 heterocycles. The maximum absolute atomic E-state index is 12.8. The summed E-state index contributed by atoms with van der Waals surface area (Å²) in [5.41, 5.74) is 5.54. The Morgan fingerprint density at radius 2 is 2.00 bits per heavy atom. The predicted molar refractivity (Wildman–Crippen MR) is 105 cm³/mol. The van der Waals surface area contributed by atoms with Crippen molar-refractivity contribution in [2.75, 3.05) is 6.54 Å². The Morgan fingerprint density at radius 3 is 2.65 bits per heavy atom. The van der Waals surface area contributed by atoms with Gasteiger partial charge in [0.05, 0.1) is 11.4 Å².